The fraction of sp³-hybridized carbons (Fsp3) is 0.273. The molecule has 2 N–H and O–H groups in total. The van der Waals surface area contributed by atoms with Crippen LogP contribution in [0.2, 0.25) is 0 Å². The van der Waals surface area contributed by atoms with Gasteiger partial charge in [-0.15, -0.1) is 12.3 Å². The Morgan fingerprint density at radius 3 is 1.62 bits per heavy atom. The summed E-state index contributed by atoms with van der Waals surface area (Å²) in [4.78, 5) is 8.00. The number of rotatable bonds is 9. The van der Waals surface area contributed by atoms with E-state index < -0.39 is 60.2 Å². The van der Waals surface area contributed by atoms with E-state index in [2.05, 4.69) is 12.8 Å². The number of aliphatic hydroxyl groups excluding tert-OH is 2. The molecule has 0 aliphatic rings. The van der Waals surface area contributed by atoms with Crippen molar-refractivity contribution in [2.75, 3.05) is 13.2 Å². The van der Waals surface area contributed by atoms with E-state index in [0.29, 0.717) is 0 Å². The van der Waals surface area contributed by atoms with Crippen molar-refractivity contribution >= 4 is 6.79 Å². The molecule has 0 heterocycles. The Morgan fingerprint density at radius 2 is 1.28 bits per heavy atom. The molecule has 5 nitrogen and oxygen atoms in total. The summed E-state index contributed by atoms with van der Waals surface area (Å²) in [5, 5.41) is 18.5. The van der Waals surface area contributed by atoms with Crippen LogP contribution < -0.4 is 9.47 Å². The molecule has 10 heteroatoms. The Morgan fingerprint density at radius 1 is 0.906 bits per heavy atom. The molecule has 0 fully saturated rings. The second-order valence-corrected chi connectivity index (χ2v) is 6.29. The average Bonchev–Trinajstić information content (AvgIpc) is 2.68. The molecule has 0 saturated heterocycles. The van der Waals surface area contributed by atoms with Crippen molar-refractivity contribution in [3.05, 3.63) is 65.6 Å². The summed E-state index contributed by atoms with van der Waals surface area (Å²) < 4.78 is 66.2. The first kappa shape index (κ1) is 29.6. The Labute approximate surface area is 197 Å². The topological polar surface area (TPSA) is 76.0 Å². The predicted octanol–water partition coefficient (Wildman–Crippen LogP) is 2.98. The van der Waals surface area contributed by atoms with Gasteiger partial charge in [-0.1, -0.05) is 0 Å². The molecule has 0 amide bonds. The summed E-state index contributed by atoms with van der Waals surface area (Å²) in [5.41, 5.74) is 0.219. The number of halogens is 4. The van der Waals surface area contributed by atoms with E-state index in [-0.39, 0.29) is 45.0 Å². The molecule has 0 bridgehead atoms. The number of benzene rings is 2. The van der Waals surface area contributed by atoms with Gasteiger partial charge < -0.3 is 31.4 Å². The number of hydrogen-bond donors (Lipinski definition) is 2. The van der Waals surface area contributed by atoms with Crippen molar-refractivity contribution in [3.8, 4) is 23.8 Å². The maximum Gasteiger partial charge on any atom is 0.190 e. The molecule has 0 spiro atoms. The first-order valence-electron chi connectivity index (χ1n) is 8.84. The summed E-state index contributed by atoms with van der Waals surface area (Å²) in [6.07, 6.45) is 2.59. The molecule has 174 valence electrons. The molecule has 2 unspecified atom stereocenters. The third-order valence-electron chi connectivity index (χ3n) is 3.72. The van der Waals surface area contributed by atoms with Gasteiger partial charge in [0.2, 0.25) is 0 Å². The van der Waals surface area contributed by atoms with Gasteiger partial charge in [-0.3, -0.25) is 0 Å². The van der Waals surface area contributed by atoms with Gasteiger partial charge in [-0.2, -0.15) is 0 Å². The molecule has 2 aromatic rings. The third-order valence-corrected chi connectivity index (χ3v) is 3.72. The Balaban J connectivity index is 0.00000311. The number of ether oxygens (including phenoxy) is 2. The van der Waals surface area contributed by atoms with Gasteiger partial charge in [-0.25, -0.2) is 17.6 Å². The monoisotopic (exact) mass is 625 g/mol. The molecular formula is C22H21F4O5W-. The Bertz CT molecular complexity index is 872. The van der Waals surface area contributed by atoms with Crippen LogP contribution in [0.5, 0.6) is 11.5 Å². The predicted molar refractivity (Wildman–Crippen MR) is 104 cm³/mol. The standard InChI is InChI=1S/C21H19F4O4.CH2O.W/c1-3-4-15(27)11-29-21-18(24)8-14(9-19(21)25)5-13-6-16(22)20(17(23)7-13)28-10-12(2)26;1-2;/h1,6-9,12,15,26-27H,2,4-5,10-11H2;1H2;/q-1;;. The molecule has 32 heavy (non-hydrogen) atoms. The van der Waals surface area contributed by atoms with E-state index >= 15 is 0 Å². The van der Waals surface area contributed by atoms with Crippen molar-refractivity contribution in [3.63, 3.8) is 0 Å². The number of hydrogen-bond acceptors (Lipinski definition) is 5. The summed E-state index contributed by atoms with van der Waals surface area (Å²) in [5.74, 6) is -3.27. The van der Waals surface area contributed by atoms with Crippen LogP contribution in [-0.2, 0) is 32.3 Å². The third kappa shape index (κ3) is 8.99. The zero-order valence-electron chi connectivity index (χ0n) is 16.8. The van der Waals surface area contributed by atoms with Crippen molar-refractivity contribution in [1.29, 1.82) is 0 Å². The molecule has 2 rings (SSSR count). The molecule has 0 aliphatic carbocycles. The fourth-order valence-corrected chi connectivity index (χ4v) is 2.49. The van der Waals surface area contributed by atoms with E-state index in [0.717, 1.165) is 24.3 Å². The van der Waals surface area contributed by atoms with Gasteiger partial charge in [0.05, 0.1) is 12.7 Å². The van der Waals surface area contributed by atoms with Gasteiger partial charge in [-0.05, 0) is 47.9 Å². The first-order valence-corrected chi connectivity index (χ1v) is 8.84. The molecular weight excluding hydrogens is 604 g/mol. The summed E-state index contributed by atoms with van der Waals surface area (Å²) in [7, 11) is 0. The number of aliphatic hydroxyl groups is 2. The molecule has 0 aliphatic heterocycles. The number of terminal acetylenes is 1. The zero-order chi connectivity index (χ0) is 23.6. The summed E-state index contributed by atoms with van der Waals surface area (Å²) >= 11 is 0. The maximum atomic E-state index is 14.2. The zero-order valence-corrected chi connectivity index (χ0v) is 19.8. The largest absolute Gasteiger partial charge is 0.488 e. The SMILES string of the molecule is C#CCC(O)COc1c(F)cc(Cc2cc(F)c(OCC([CH2-])O)c(F)c2)cc1F.C=O.[W]. The average molecular weight is 625 g/mol. The molecule has 0 radical (unpaired) electrons. The van der Waals surface area contributed by atoms with E-state index in [1.165, 1.54) is 0 Å². The minimum Gasteiger partial charge on any atom is -0.488 e. The maximum absolute atomic E-state index is 14.2. The normalized spacial score (nSPS) is 11.8. The van der Waals surface area contributed by atoms with Crippen molar-refractivity contribution in [2.45, 2.75) is 25.0 Å². The first-order chi connectivity index (χ1) is 14.7. The Kier molecular flexibility index (Phi) is 13.5. The van der Waals surface area contributed by atoms with E-state index in [9.17, 15) is 22.7 Å². The van der Waals surface area contributed by atoms with Gasteiger partial charge in [0.15, 0.2) is 34.8 Å². The van der Waals surface area contributed by atoms with Crippen LogP contribution in [0.3, 0.4) is 0 Å². The van der Waals surface area contributed by atoms with Crippen molar-refractivity contribution < 1.29 is 63.1 Å². The number of carbonyl (C=O) groups is 1. The number of carbonyl (C=O) groups excluding carboxylic acids is 1. The molecule has 2 aromatic carbocycles. The quantitative estimate of drug-likeness (QED) is 0.255. The van der Waals surface area contributed by atoms with Crippen LogP contribution >= 0.6 is 0 Å². The fourth-order valence-electron chi connectivity index (χ4n) is 2.49. The van der Waals surface area contributed by atoms with Crippen molar-refractivity contribution in [1.82, 2.24) is 0 Å². The van der Waals surface area contributed by atoms with Crippen LogP contribution in [0.1, 0.15) is 17.5 Å². The smallest absolute Gasteiger partial charge is 0.190 e. The van der Waals surface area contributed by atoms with Crippen LogP contribution in [0.25, 0.3) is 0 Å². The van der Waals surface area contributed by atoms with Crippen LogP contribution in [0.15, 0.2) is 24.3 Å². The van der Waals surface area contributed by atoms with E-state index in [1.54, 1.807) is 0 Å². The van der Waals surface area contributed by atoms with Crippen LogP contribution in [0, 0.1) is 42.5 Å². The van der Waals surface area contributed by atoms with E-state index in [4.69, 9.17) is 25.8 Å². The van der Waals surface area contributed by atoms with Gasteiger partial charge >= 0.3 is 0 Å². The molecule has 0 saturated carbocycles. The van der Waals surface area contributed by atoms with Gasteiger partial charge in [0.25, 0.3) is 0 Å². The van der Waals surface area contributed by atoms with Gasteiger partial charge in [0.1, 0.15) is 13.4 Å². The second kappa shape index (κ2) is 14.6. The summed E-state index contributed by atoms with van der Waals surface area (Å²) in [6, 6.07) is 3.85. The minimum atomic E-state index is -1.16. The van der Waals surface area contributed by atoms with Gasteiger partial charge in [0, 0.05) is 27.5 Å². The van der Waals surface area contributed by atoms with Crippen LogP contribution in [-0.4, -0.2) is 42.4 Å². The van der Waals surface area contributed by atoms with Crippen molar-refractivity contribution in [2.24, 2.45) is 0 Å². The minimum absolute atomic E-state index is 0. The Hall–Kier alpha value is -2.40. The molecule has 2 atom stereocenters. The van der Waals surface area contributed by atoms with Crippen LogP contribution in [0.4, 0.5) is 17.6 Å². The second-order valence-electron chi connectivity index (χ2n) is 6.29. The molecule has 0 aromatic heterocycles. The summed E-state index contributed by atoms with van der Waals surface area (Å²) in [6.45, 7) is 4.43. The van der Waals surface area contributed by atoms with E-state index in [1.807, 2.05) is 6.79 Å².